The fourth-order valence-electron chi connectivity index (χ4n) is 2.02. The Bertz CT molecular complexity index is 632. The van der Waals surface area contributed by atoms with Crippen LogP contribution in [0.25, 0.3) is 0 Å². The molecular weight excluding hydrogens is 277 g/mol. The van der Waals surface area contributed by atoms with E-state index in [1.54, 1.807) is 12.1 Å². The molecule has 1 heterocycles. The molecule has 0 saturated carbocycles. The van der Waals surface area contributed by atoms with E-state index in [1.807, 2.05) is 20.8 Å². The second-order valence-corrected chi connectivity index (χ2v) is 6.08. The zero-order chi connectivity index (χ0) is 14.9. The zero-order valence-electron chi connectivity index (χ0n) is 11.6. The lowest BCUT2D eigenvalue weighted by molar-refractivity contribution is 0.0701. The van der Waals surface area contributed by atoms with Crippen LogP contribution >= 0.6 is 11.3 Å². The van der Waals surface area contributed by atoms with Gasteiger partial charge in [-0.1, -0.05) is 19.1 Å². The van der Waals surface area contributed by atoms with Gasteiger partial charge in [-0.05, 0) is 38.0 Å². The summed E-state index contributed by atoms with van der Waals surface area (Å²) >= 11 is 1.19. The van der Waals surface area contributed by atoms with Crippen LogP contribution in [-0.4, -0.2) is 16.1 Å². The zero-order valence-corrected chi connectivity index (χ0v) is 12.4. The third-order valence-corrected chi connectivity index (χ3v) is 4.74. The largest absolute Gasteiger partial charge is 0.477 e. The second-order valence-electron chi connectivity index (χ2n) is 5.09. The molecule has 0 atom stereocenters. The van der Waals surface area contributed by atoms with Crippen molar-refractivity contribution in [2.24, 2.45) is 0 Å². The van der Waals surface area contributed by atoms with Crippen molar-refractivity contribution >= 4 is 17.3 Å². The van der Waals surface area contributed by atoms with Crippen LogP contribution in [0, 0.1) is 5.82 Å². The van der Waals surface area contributed by atoms with Gasteiger partial charge in [0, 0.05) is 5.41 Å². The summed E-state index contributed by atoms with van der Waals surface area (Å²) in [6.07, 6.45) is 0.581. The van der Waals surface area contributed by atoms with E-state index < -0.39 is 11.4 Å². The maximum Gasteiger partial charge on any atom is 0.347 e. The van der Waals surface area contributed by atoms with Crippen LogP contribution in [0.5, 0.6) is 0 Å². The first kappa shape index (κ1) is 14.7. The average Bonchev–Trinajstić information content (AvgIpc) is 2.84. The van der Waals surface area contributed by atoms with Crippen LogP contribution in [0.1, 0.15) is 46.7 Å². The van der Waals surface area contributed by atoms with Crippen LogP contribution in [-0.2, 0) is 11.8 Å². The Morgan fingerprint density at radius 1 is 1.35 bits per heavy atom. The molecule has 0 saturated heterocycles. The highest BCUT2D eigenvalue weighted by Crippen LogP contribution is 2.35. The minimum atomic E-state index is -0.944. The van der Waals surface area contributed by atoms with Crippen LogP contribution < -0.4 is 0 Å². The van der Waals surface area contributed by atoms with Crippen molar-refractivity contribution < 1.29 is 14.3 Å². The third kappa shape index (κ3) is 2.58. The molecule has 1 aromatic carbocycles. The number of aryl methyl sites for hydroxylation is 1. The van der Waals surface area contributed by atoms with Crippen LogP contribution in [0.2, 0.25) is 0 Å². The Morgan fingerprint density at radius 3 is 2.40 bits per heavy atom. The van der Waals surface area contributed by atoms with E-state index in [-0.39, 0.29) is 10.7 Å². The topological polar surface area (TPSA) is 50.2 Å². The Labute approximate surface area is 121 Å². The SMILES string of the molecule is CCc1nc(C(C)(C)c2ccc(F)cc2)sc1C(=O)O. The number of rotatable bonds is 4. The highest BCUT2D eigenvalue weighted by atomic mass is 32.1. The summed E-state index contributed by atoms with van der Waals surface area (Å²) < 4.78 is 13.0. The van der Waals surface area contributed by atoms with Crippen LogP contribution in [0.15, 0.2) is 24.3 Å². The number of carbonyl (C=O) groups is 1. The molecule has 0 bridgehead atoms. The molecule has 1 N–H and O–H groups in total. The van der Waals surface area contributed by atoms with Gasteiger partial charge in [0.1, 0.15) is 15.7 Å². The second kappa shape index (κ2) is 5.32. The van der Waals surface area contributed by atoms with Crippen molar-refractivity contribution in [1.82, 2.24) is 4.98 Å². The van der Waals surface area contributed by atoms with Gasteiger partial charge in [-0.2, -0.15) is 0 Å². The summed E-state index contributed by atoms with van der Waals surface area (Å²) in [5, 5.41) is 9.94. The third-order valence-electron chi connectivity index (χ3n) is 3.33. The number of aromatic carboxylic acids is 1. The highest BCUT2D eigenvalue weighted by Gasteiger charge is 2.29. The standard InChI is InChI=1S/C15H16FNO2S/c1-4-11-12(13(18)19)20-14(17-11)15(2,3)9-5-7-10(16)8-6-9/h5-8H,4H2,1-3H3,(H,18,19). The van der Waals surface area contributed by atoms with Crippen molar-refractivity contribution in [3.05, 3.63) is 51.2 Å². The summed E-state index contributed by atoms with van der Waals surface area (Å²) in [4.78, 5) is 16.0. The number of thiazole rings is 1. The number of nitrogens with zero attached hydrogens (tertiary/aromatic N) is 1. The van der Waals surface area contributed by atoms with E-state index in [9.17, 15) is 14.3 Å². The lowest BCUT2D eigenvalue weighted by atomic mass is 9.85. The molecule has 0 unspecified atom stereocenters. The molecule has 0 fully saturated rings. The molecular formula is C15H16FNO2S. The molecule has 2 aromatic rings. The van der Waals surface area contributed by atoms with Crippen molar-refractivity contribution in [3.8, 4) is 0 Å². The molecule has 106 valence electrons. The summed E-state index contributed by atoms with van der Waals surface area (Å²) in [6.45, 7) is 5.81. The summed E-state index contributed by atoms with van der Waals surface area (Å²) in [7, 11) is 0. The monoisotopic (exact) mass is 293 g/mol. The van der Waals surface area contributed by atoms with Crippen molar-refractivity contribution in [2.75, 3.05) is 0 Å². The number of carboxylic acid groups (broad SMARTS) is 1. The van der Waals surface area contributed by atoms with Crippen molar-refractivity contribution in [1.29, 1.82) is 0 Å². The predicted molar refractivity (Wildman–Crippen MR) is 77.0 cm³/mol. The molecule has 0 aliphatic rings. The van der Waals surface area contributed by atoms with Gasteiger partial charge < -0.3 is 5.11 Å². The van der Waals surface area contributed by atoms with E-state index in [0.29, 0.717) is 12.1 Å². The van der Waals surface area contributed by atoms with Gasteiger partial charge in [-0.15, -0.1) is 11.3 Å². The van der Waals surface area contributed by atoms with Gasteiger partial charge >= 0.3 is 5.97 Å². The minimum absolute atomic E-state index is 0.288. The van der Waals surface area contributed by atoms with Gasteiger partial charge in [0.05, 0.1) is 5.69 Å². The maximum absolute atomic E-state index is 13.0. The van der Waals surface area contributed by atoms with E-state index in [0.717, 1.165) is 10.6 Å². The van der Waals surface area contributed by atoms with Gasteiger partial charge in [0.2, 0.25) is 0 Å². The predicted octanol–water partition coefficient (Wildman–Crippen LogP) is 3.87. The molecule has 0 radical (unpaired) electrons. The van der Waals surface area contributed by atoms with E-state index in [4.69, 9.17) is 0 Å². The first-order valence-corrected chi connectivity index (χ1v) is 7.17. The minimum Gasteiger partial charge on any atom is -0.477 e. The summed E-state index contributed by atoms with van der Waals surface area (Å²) in [6, 6.07) is 6.23. The molecule has 3 nitrogen and oxygen atoms in total. The van der Waals surface area contributed by atoms with Crippen molar-refractivity contribution in [2.45, 2.75) is 32.6 Å². The Balaban J connectivity index is 2.48. The Hall–Kier alpha value is -1.75. The summed E-state index contributed by atoms with van der Waals surface area (Å²) in [5.41, 5.74) is 1.07. The lowest BCUT2D eigenvalue weighted by Crippen LogP contribution is -2.18. The van der Waals surface area contributed by atoms with E-state index in [1.165, 1.54) is 23.5 Å². The number of hydrogen-bond donors (Lipinski definition) is 1. The number of carboxylic acids is 1. The summed E-state index contributed by atoms with van der Waals surface area (Å²) in [5.74, 6) is -1.23. The van der Waals surface area contributed by atoms with Gasteiger partial charge in [0.15, 0.2) is 0 Å². The number of hydrogen-bond acceptors (Lipinski definition) is 3. The fourth-order valence-corrected chi connectivity index (χ4v) is 3.13. The number of benzene rings is 1. The number of aromatic nitrogens is 1. The quantitative estimate of drug-likeness (QED) is 0.931. The molecule has 2 rings (SSSR count). The van der Waals surface area contributed by atoms with Crippen LogP contribution in [0.4, 0.5) is 4.39 Å². The lowest BCUT2D eigenvalue weighted by Gasteiger charge is -2.22. The molecule has 20 heavy (non-hydrogen) atoms. The molecule has 0 aliphatic heterocycles. The molecule has 0 aliphatic carbocycles. The molecule has 1 aromatic heterocycles. The first-order valence-electron chi connectivity index (χ1n) is 6.35. The highest BCUT2D eigenvalue weighted by molar-refractivity contribution is 7.13. The first-order chi connectivity index (χ1) is 9.36. The van der Waals surface area contributed by atoms with Gasteiger partial charge in [-0.3, -0.25) is 0 Å². The molecule has 0 amide bonds. The van der Waals surface area contributed by atoms with Crippen LogP contribution in [0.3, 0.4) is 0 Å². The van der Waals surface area contributed by atoms with Gasteiger partial charge in [-0.25, -0.2) is 14.2 Å². The Kier molecular flexibility index (Phi) is 3.90. The Morgan fingerprint density at radius 2 is 1.95 bits per heavy atom. The molecule has 0 spiro atoms. The fraction of sp³-hybridized carbons (Fsp3) is 0.333. The average molecular weight is 293 g/mol. The molecule has 5 heteroatoms. The smallest absolute Gasteiger partial charge is 0.347 e. The van der Waals surface area contributed by atoms with Gasteiger partial charge in [0.25, 0.3) is 0 Å². The van der Waals surface area contributed by atoms with Crippen molar-refractivity contribution in [3.63, 3.8) is 0 Å². The maximum atomic E-state index is 13.0. The number of halogens is 1. The normalized spacial score (nSPS) is 11.6. The van der Waals surface area contributed by atoms with E-state index >= 15 is 0 Å². The van der Waals surface area contributed by atoms with E-state index in [2.05, 4.69) is 4.98 Å².